The van der Waals surface area contributed by atoms with E-state index in [1.54, 1.807) is 0 Å². The minimum absolute atomic E-state index is 0.716. The molecule has 3 aromatic rings. The molecule has 0 radical (unpaired) electrons. The van der Waals surface area contributed by atoms with E-state index in [2.05, 4.69) is 84.0 Å². The topological polar surface area (TPSA) is 37.6 Å². The van der Waals surface area contributed by atoms with Gasteiger partial charge in [0.25, 0.3) is 0 Å². The lowest BCUT2D eigenvalue weighted by molar-refractivity contribution is 1.06. The van der Waals surface area contributed by atoms with Crippen LogP contribution in [0.15, 0.2) is 52.4 Å². The van der Waals surface area contributed by atoms with Crippen LogP contribution in [0, 0.1) is 41.5 Å². The summed E-state index contributed by atoms with van der Waals surface area (Å²) in [6.45, 7) is 12.7. The maximum Gasteiger partial charge on any atom is 0.0684 e. The molecule has 1 aromatic heterocycles. The average molecular weight is 398 g/mol. The maximum atomic E-state index is 4.77. The Morgan fingerprint density at radius 3 is 1.37 bits per heavy atom. The highest BCUT2D eigenvalue weighted by atomic mass is 14.8. The van der Waals surface area contributed by atoms with Crippen molar-refractivity contribution >= 4 is 23.8 Å². The van der Waals surface area contributed by atoms with Crippen LogP contribution in [0.1, 0.15) is 44.8 Å². The Labute approximate surface area is 180 Å². The average Bonchev–Trinajstić information content (AvgIpc) is 2.66. The molecule has 0 fully saturated rings. The zero-order valence-corrected chi connectivity index (χ0v) is 19.0. The molecule has 0 aliphatic rings. The van der Waals surface area contributed by atoms with E-state index in [4.69, 9.17) is 15.0 Å². The van der Waals surface area contributed by atoms with Crippen molar-refractivity contribution in [3.8, 4) is 0 Å². The van der Waals surface area contributed by atoms with Gasteiger partial charge >= 0.3 is 0 Å². The molecule has 154 valence electrons. The van der Waals surface area contributed by atoms with Gasteiger partial charge in [0.1, 0.15) is 0 Å². The van der Waals surface area contributed by atoms with E-state index in [0.29, 0.717) is 12.8 Å². The Morgan fingerprint density at radius 2 is 1.00 bits per heavy atom. The van der Waals surface area contributed by atoms with Gasteiger partial charge in [0.15, 0.2) is 0 Å². The first-order chi connectivity index (χ1) is 14.3. The third kappa shape index (κ3) is 5.50. The summed E-state index contributed by atoms with van der Waals surface area (Å²) < 4.78 is 0. The van der Waals surface area contributed by atoms with Crippen LogP contribution in [0.3, 0.4) is 0 Å². The van der Waals surface area contributed by atoms with Crippen molar-refractivity contribution in [3.05, 3.63) is 87.2 Å². The molecule has 0 unspecified atom stereocenters. The van der Waals surface area contributed by atoms with Gasteiger partial charge in [0, 0.05) is 36.7 Å². The fourth-order valence-electron chi connectivity index (χ4n) is 3.97. The number of nitrogens with zero attached hydrogens (tertiary/aromatic N) is 3. The van der Waals surface area contributed by atoms with Crippen molar-refractivity contribution in [1.29, 1.82) is 0 Å². The third-order valence-corrected chi connectivity index (χ3v) is 5.18. The standard InChI is InChI=1S/C27H31N3/c1-18-14-20(3)26(21(4)15-18)28-12-10-24-8-7-9-25(30-24)11-13-29-27-22(5)16-19(2)17-23(27)6/h7-9,12-17H,10-11H2,1-6H3. The Kier molecular flexibility index (Phi) is 6.94. The molecule has 30 heavy (non-hydrogen) atoms. The highest BCUT2D eigenvalue weighted by Gasteiger charge is 2.03. The fourth-order valence-corrected chi connectivity index (χ4v) is 3.97. The van der Waals surface area contributed by atoms with Gasteiger partial charge in [-0.05, 0) is 75.9 Å². The number of aliphatic imine (C=N–C) groups is 2. The molecule has 0 saturated carbocycles. The van der Waals surface area contributed by atoms with Gasteiger partial charge in [-0.1, -0.05) is 41.5 Å². The van der Waals surface area contributed by atoms with Crippen molar-refractivity contribution in [2.24, 2.45) is 9.98 Å². The van der Waals surface area contributed by atoms with Crippen molar-refractivity contribution in [1.82, 2.24) is 4.98 Å². The molecule has 3 rings (SSSR count). The van der Waals surface area contributed by atoms with Crippen LogP contribution in [0.5, 0.6) is 0 Å². The molecule has 0 amide bonds. The highest BCUT2D eigenvalue weighted by Crippen LogP contribution is 2.25. The lowest BCUT2D eigenvalue weighted by Crippen LogP contribution is -1.97. The fraction of sp³-hybridized carbons (Fsp3) is 0.296. The quantitative estimate of drug-likeness (QED) is 0.420. The minimum atomic E-state index is 0.716. The summed E-state index contributed by atoms with van der Waals surface area (Å²) in [5.74, 6) is 0. The highest BCUT2D eigenvalue weighted by molar-refractivity contribution is 5.70. The van der Waals surface area contributed by atoms with Crippen LogP contribution in [0.25, 0.3) is 0 Å². The van der Waals surface area contributed by atoms with E-state index < -0.39 is 0 Å². The number of aryl methyl sites for hydroxylation is 6. The van der Waals surface area contributed by atoms with Crippen LogP contribution in [-0.2, 0) is 12.8 Å². The summed E-state index contributed by atoms with van der Waals surface area (Å²) in [5.41, 5.74) is 11.6. The van der Waals surface area contributed by atoms with Crippen LogP contribution in [-0.4, -0.2) is 17.4 Å². The minimum Gasteiger partial charge on any atom is -0.260 e. The number of hydrogen-bond donors (Lipinski definition) is 0. The summed E-state index contributed by atoms with van der Waals surface area (Å²) >= 11 is 0. The SMILES string of the molecule is Cc1cc(C)c(N=CCc2cccc(CC=Nc3c(C)cc(C)cc3C)n2)c(C)c1. The predicted octanol–water partition coefficient (Wildman–Crippen LogP) is 6.82. The second-order valence-corrected chi connectivity index (χ2v) is 8.15. The summed E-state index contributed by atoms with van der Waals surface area (Å²) in [6, 6.07) is 14.9. The number of aromatic nitrogens is 1. The van der Waals surface area contributed by atoms with Gasteiger partial charge in [-0.3, -0.25) is 15.0 Å². The van der Waals surface area contributed by atoms with E-state index in [1.807, 2.05) is 12.4 Å². The molecule has 0 N–H and O–H groups in total. The first-order valence-electron chi connectivity index (χ1n) is 10.5. The number of pyridine rings is 1. The lowest BCUT2D eigenvalue weighted by atomic mass is 10.1. The number of rotatable bonds is 6. The number of hydrogen-bond acceptors (Lipinski definition) is 3. The van der Waals surface area contributed by atoms with E-state index in [0.717, 1.165) is 22.8 Å². The second kappa shape index (κ2) is 9.62. The summed E-state index contributed by atoms with van der Waals surface area (Å²) in [5, 5.41) is 0. The Hall–Kier alpha value is -3.07. The van der Waals surface area contributed by atoms with Crippen LogP contribution >= 0.6 is 0 Å². The molecule has 3 heteroatoms. The monoisotopic (exact) mass is 397 g/mol. The Bertz CT molecular complexity index is 976. The Balaban J connectivity index is 1.67. The summed E-state index contributed by atoms with van der Waals surface area (Å²) in [4.78, 5) is 14.2. The van der Waals surface area contributed by atoms with Crippen molar-refractivity contribution < 1.29 is 0 Å². The van der Waals surface area contributed by atoms with Crippen molar-refractivity contribution in [3.63, 3.8) is 0 Å². The molecule has 0 spiro atoms. The molecule has 0 aliphatic carbocycles. The van der Waals surface area contributed by atoms with Gasteiger partial charge in [-0.2, -0.15) is 0 Å². The third-order valence-electron chi connectivity index (χ3n) is 5.18. The second-order valence-electron chi connectivity index (χ2n) is 8.15. The maximum absolute atomic E-state index is 4.77. The van der Waals surface area contributed by atoms with Gasteiger partial charge < -0.3 is 0 Å². The first-order valence-corrected chi connectivity index (χ1v) is 10.5. The first kappa shape index (κ1) is 21.6. The zero-order chi connectivity index (χ0) is 21.7. The van der Waals surface area contributed by atoms with Crippen LogP contribution < -0.4 is 0 Å². The van der Waals surface area contributed by atoms with E-state index in [-0.39, 0.29) is 0 Å². The van der Waals surface area contributed by atoms with Gasteiger partial charge in [0.05, 0.1) is 11.4 Å². The van der Waals surface area contributed by atoms with Gasteiger partial charge in [-0.25, -0.2) is 0 Å². The predicted molar refractivity (Wildman–Crippen MR) is 129 cm³/mol. The van der Waals surface area contributed by atoms with E-state index in [1.165, 1.54) is 33.4 Å². The van der Waals surface area contributed by atoms with Gasteiger partial charge in [-0.15, -0.1) is 0 Å². The molecular formula is C27H31N3. The smallest absolute Gasteiger partial charge is 0.0684 e. The number of benzene rings is 2. The largest absolute Gasteiger partial charge is 0.260 e. The van der Waals surface area contributed by atoms with E-state index in [9.17, 15) is 0 Å². The summed E-state index contributed by atoms with van der Waals surface area (Å²) in [7, 11) is 0. The lowest BCUT2D eigenvalue weighted by Gasteiger charge is -2.07. The molecule has 0 saturated heterocycles. The molecule has 0 bridgehead atoms. The normalized spacial score (nSPS) is 11.7. The molecule has 2 aromatic carbocycles. The van der Waals surface area contributed by atoms with Crippen LogP contribution in [0.4, 0.5) is 11.4 Å². The Morgan fingerprint density at radius 1 is 0.633 bits per heavy atom. The molecule has 3 nitrogen and oxygen atoms in total. The van der Waals surface area contributed by atoms with Gasteiger partial charge in [0.2, 0.25) is 0 Å². The molecule has 0 atom stereocenters. The van der Waals surface area contributed by atoms with Crippen molar-refractivity contribution in [2.75, 3.05) is 0 Å². The zero-order valence-electron chi connectivity index (χ0n) is 19.0. The van der Waals surface area contributed by atoms with E-state index >= 15 is 0 Å². The van der Waals surface area contributed by atoms with Crippen LogP contribution in [0.2, 0.25) is 0 Å². The molecule has 0 aliphatic heterocycles. The summed E-state index contributed by atoms with van der Waals surface area (Å²) in [6.07, 6.45) is 5.36. The molecule has 1 heterocycles. The van der Waals surface area contributed by atoms with Crippen molar-refractivity contribution in [2.45, 2.75) is 54.4 Å². The molecular weight excluding hydrogens is 366 g/mol.